The first-order valence-electron chi connectivity index (χ1n) is 6.08. The lowest BCUT2D eigenvalue weighted by Gasteiger charge is -2.34. The summed E-state index contributed by atoms with van der Waals surface area (Å²) in [6, 6.07) is 0.847. The van der Waals surface area contributed by atoms with E-state index in [4.69, 9.17) is 11.6 Å². The lowest BCUT2D eigenvalue weighted by molar-refractivity contribution is 0.148. The van der Waals surface area contributed by atoms with Crippen molar-refractivity contribution < 1.29 is 0 Å². The van der Waals surface area contributed by atoms with Gasteiger partial charge in [0, 0.05) is 18.5 Å². The van der Waals surface area contributed by atoms with Crippen LogP contribution in [-0.4, -0.2) is 29.9 Å². The molecule has 0 aromatic rings. The summed E-state index contributed by atoms with van der Waals surface area (Å²) in [5.74, 6) is 1.43. The van der Waals surface area contributed by atoms with Gasteiger partial charge in [0.15, 0.2) is 0 Å². The minimum Gasteiger partial charge on any atom is -0.300 e. The van der Waals surface area contributed by atoms with E-state index in [0.717, 1.165) is 11.9 Å². The number of rotatable bonds is 5. The molecule has 0 spiro atoms. The normalized spacial score (nSPS) is 21.4. The quantitative estimate of drug-likeness (QED) is 0.637. The summed E-state index contributed by atoms with van der Waals surface area (Å²) in [7, 11) is 0. The monoisotopic (exact) mass is 217 g/mol. The molecule has 14 heavy (non-hydrogen) atoms. The maximum atomic E-state index is 5.87. The van der Waals surface area contributed by atoms with Crippen molar-refractivity contribution in [3.05, 3.63) is 0 Å². The first-order valence-corrected chi connectivity index (χ1v) is 6.61. The number of nitrogens with zero attached hydrogens (tertiary/aromatic N) is 1. The number of hydrogen-bond donors (Lipinski definition) is 0. The third-order valence-corrected chi connectivity index (χ3v) is 3.83. The summed E-state index contributed by atoms with van der Waals surface area (Å²) < 4.78 is 0. The molecule has 1 saturated carbocycles. The molecule has 0 radical (unpaired) electrons. The van der Waals surface area contributed by atoms with Gasteiger partial charge in [-0.1, -0.05) is 33.1 Å². The predicted molar refractivity (Wildman–Crippen MR) is 64.0 cm³/mol. The highest BCUT2D eigenvalue weighted by Gasteiger charge is 2.20. The SMILES string of the molecule is CCN(CC(C)CCl)C1CCCCC1. The Balaban J connectivity index is 2.35. The molecule has 2 heteroatoms. The molecule has 1 unspecified atom stereocenters. The maximum absolute atomic E-state index is 5.87. The standard InChI is InChI=1S/C12H24ClN/c1-3-14(10-11(2)9-13)12-7-5-4-6-8-12/h11-12H,3-10H2,1-2H3. The number of halogens is 1. The minimum atomic E-state index is 0.638. The van der Waals surface area contributed by atoms with Crippen molar-refractivity contribution >= 4 is 11.6 Å². The molecule has 0 N–H and O–H groups in total. The van der Waals surface area contributed by atoms with E-state index in [1.54, 1.807) is 0 Å². The Morgan fingerprint density at radius 2 is 1.93 bits per heavy atom. The van der Waals surface area contributed by atoms with Gasteiger partial charge in [-0.25, -0.2) is 0 Å². The van der Waals surface area contributed by atoms with E-state index in [-0.39, 0.29) is 0 Å². The van der Waals surface area contributed by atoms with Crippen LogP contribution in [0.15, 0.2) is 0 Å². The van der Waals surface area contributed by atoms with Crippen molar-refractivity contribution in [2.75, 3.05) is 19.0 Å². The number of alkyl halides is 1. The van der Waals surface area contributed by atoms with Crippen LogP contribution in [-0.2, 0) is 0 Å². The van der Waals surface area contributed by atoms with Crippen LogP contribution in [0.25, 0.3) is 0 Å². The van der Waals surface area contributed by atoms with Crippen LogP contribution in [0.4, 0.5) is 0 Å². The Kier molecular flexibility index (Phi) is 5.88. The van der Waals surface area contributed by atoms with Crippen molar-refractivity contribution in [2.45, 2.75) is 52.0 Å². The van der Waals surface area contributed by atoms with E-state index < -0.39 is 0 Å². The highest BCUT2D eigenvalue weighted by Crippen LogP contribution is 2.23. The first kappa shape index (κ1) is 12.3. The van der Waals surface area contributed by atoms with E-state index in [0.29, 0.717) is 5.92 Å². The molecule has 0 saturated heterocycles. The Morgan fingerprint density at radius 1 is 1.29 bits per heavy atom. The second-order valence-corrected chi connectivity index (χ2v) is 4.95. The van der Waals surface area contributed by atoms with Gasteiger partial charge in [-0.3, -0.25) is 0 Å². The fourth-order valence-electron chi connectivity index (χ4n) is 2.43. The third kappa shape index (κ3) is 3.78. The molecule has 0 amide bonds. The van der Waals surface area contributed by atoms with Gasteiger partial charge in [0.1, 0.15) is 0 Å². The van der Waals surface area contributed by atoms with Gasteiger partial charge in [-0.05, 0) is 25.3 Å². The van der Waals surface area contributed by atoms with Crippen molar-refractivity contribution in [1.82, 2.24) is 4.90 Å². The maximum Gasteiger partial charge on any atom is 0.0261 e. The molecule has 1 fully saturated rings. The molecule has 0 bridgehead atoms. The zero-order valence-corrected chi connectivity index (χ0v) is 10.4. The molecule has 0 aromatic heterocycles. The van der Waals surface area contributed by atoms with Crippen LogP contribution in [0.2, 0.25) is 0 Å². The zero-order chi connectivity index (χ0) is 10.4. The summed E-state index contributed by atoms with van der Waals surface area (Å²) in [6.45, 7) is 6.89. The van der Waals surface area contributed by atoms with Crippen LogP contribution < -0.4 is 0 Å². The van der Waals surface area contributed by atoms with Crippen molar-refractivity contribution in [3.8, 4) is 0 Å². The summed E-state index contributed by atoms with van der Waals surface area (Å²) in [5.41, 5.74) is 0. The predicted octanol–water partition coefficient (Wildman–Crippen LogP) is 3.52. The van der Waals surface area contributed by atoms with Crippen LogP contribution in [0.3, 0.4) is 0 Å². The van der Waals surface area contributed by atoms with Gasteiger partial charge >= 0.3 is 0 Å². The van der Waals surface area contributed by atoms with E-state index in [1.807, 2.05) is 0 Å². The summed E-state index contributed by atoms with van der Waals surface area (Å²) in [4.78, 5) is 2.63. The smallest absolute Gasteiger partial charge is 0.0261 e. The van der Waals surface area contributed by atoms with Crippen molar-refractivity contribution in [1.29, 1.82) is 0 Å². The molecule has 0 heterocycles. The minimum absolute atomic E-state index is 0.638. The number of hydrogen-bond acceptors (Lipinski definition) is 1. The Labute approximate surface area is 93.8 Å². The summed E-state index contributed by atoms with van der Waals surface area (Å²) >= 11 is 5.87. The molecule has 0 aliphatic heterocycles. The van der Waals surface area contributed by atoms with Crippen LogP contribution >= 0.6 is 11.6 Å². The first-order chi connectivity index (χ1) is 6.77. The van der Waals surface area contributed by atoms with Gasteiger partial charge in [0.2, 0.25) is 0 Å². The molecular weight excluding hydrogens is 194 g/mol. The van der Waals surface area contributed by atoms with Crippen molar-refractivity contribution in [2.24, 2.45) is 5.92 Å². The average Bonchev–Trinajstić information content (AvgIpc) is 2.26. The van der Waals surface area contributed by atoms with Crippen LogP contribution in [0.5, 0.6) is 0 Å². The average molecular weight is 218 g/mol. The molecular formula is C12H24ClN. The molecule has 0 aromatic carbocycles. The van der Waals surface area contributed by atoms with E-state index in [9.17, 15) is 0 Å². The Morgan fingerprint density at radius 3 is 2.43 bits per heavy atom. The second kappa shape index (κ2) is 6.68. The molecule has 84 valence electrons. The lowest BCUT2D eigenvalue weighted by Crippen LogP contribution is -2.39. The second-order valence-electron chi connectivity index (χ2n) is 4.64. The van der Waals surface area contributed by atoms with Gasteiger partial charge in [0.05, 0.1) is 0 Å². The fraction of sp³-hybridized carbons (Fsp3) is 1.00. The highest BCUT2D eigenvalue weighted by atomic mass is 35.5. The molecule has 1 nitrogen and oxygen atoms in total. The molecule has 1 aliphatic rings. The third-order valence-electron chi connectivity index (χ3n) is 3.31. The summed E-state index contributed by atoms with van der Waals surface area (Å²) in [6.07, 6.45) is 7.11. The Hall–Kier alpha value is 0.250. The fourth-order valence-corrected chi connectivity index (χ4v) is 2.53. The topological polar surface area (TPSA) is 3.24 Å². The van der Waals surface area contributed by atoms with Gasteiger partial charge in [0.25, 0.3) is 0 Å². The lowest BCUT2D eigenvalue weighted by atomic mass is 9.93. The van der Waals surface area contributed by atoms with E-state index >= 15 is 0 Å². The molecule has 1 atom stereocenters. The van der Waals surface area contributed by atoms with Crippen LogP contribution in [0.1, 0.15) is 46.0 Å². The van der Waals surface area contributed by atoms with E-state index in [2.05, 4.69) is 18.7 Å². The Bertz CT molecular complexity index is 143. The van der Waals surface area contributed by atoms with Crippen molar-refractivity contribution in [3.63, 3.8) is 0 Å². The van der Waals surface area contributed by atoms with Gasteiger partial charge in [-0.15, -0.1) is 11.6 Å². The van der Waals surface area contributed by atoms with Crippen LogP contribution in [0, 0.1) is 5.92 Å². The van der Waals surface area contributed by atoms with Gasteiger partial charge in [-0.2, -0.15) is 0 Å². The largest absolute Gasteiger partial charge is 0.300 e. The van der Waals surface area contributed by atoms with Gasteiger partial charge < -0.3 is 4.90 Å². The zero-order valence-electron chi connectivity index (χ0n) is 9.64. The highest BCUT2D eigenvalue weighted by molar-refractivity contribution is 6.18. The van der Waals surface area contributed by atoms with E-state index in [1.165, 1.54) is 45.2 Å². The summed E-state index contributed by atoms with van der Waals surface area (Å²) in [5, 5.41) is 0. The molecule has 1 rings (SSSR count). The molecule has 1 aliphatic carbocycles.